The normalized spacial score (nSPS) is 19.3. The van der Waals surface area contributed by atoms with E-state index in [0.29, 0.717) is 12.3 Å². The van der Waals surface area contributed by atoms with Gasteiger partial charge >= 0.3 is 0 Å². The number of aryl methyl sites for hydroxylation is 1. The van der Waals surface area contributed by atoms with Crippen molar-refractivity contribution in [3.05, 3.63) is 47.8 Å². The van der Waals surface area contributed by atoms with E-state index in [0.717, 1.165) is 16.8 Å². The number of aromatic nitrogens is 2. The number of thioether (sulfide) groups is 1. The third kappa shape index (κ3) is 4.04. The van der Waals surface area contributed by atoms with E-state index >= 15 is 0 Å². The summed E-state index contributed by atoms with van der Waals surface area (Å²) >= 11 is 1.50. The van der Waals surface area contributed by atoms with Gasteiger partial charge in [0.1, 0.15) is 6.04 Å². The van der Waals surface area contributed by atoms with Crippen molar-refractivity contribution in [2.24, 2.45) is 0 Å². The number of amides is 2. The van der Waals surface area contributed by atoms with Crippen LogP contribution in [0.1, 0.15) is 25.0 Å². The third-order valence-electron chi connectivity index (χ3n) is 4.15. The second kappa shape index (κ2) is 6.92. The first-order valence-electron chi connectivity index (χ1n) is 8.18. The molecule has 132 valence electrons. The molecule has 0 aliphatic carbocycles. The number of hydrogen-bond donors (Lipinski definition) is 2. The lowest BCUT2D eigenvalue weighted by Crippen LogP contribution is -2.56. The van der Waals surface area contributed by atoms with Crippen LogP contribution in [-0.2, 0) is 16.1 Å². The van der Waals surface area contributed by atoms with Gasteiger partial charge in [0, 0.05) is 24.1 Å². The summed E-state index contributed by atoms with van der Waals surface area (Å²) in [5, 5.41) is 10.0. The van der Waals surface area contributed by atoms with Gasteiger partial charge in [-0.05, 0) is 38.5 Å². The molecule has 1 saturated heterocycles. The Bertz CT molecular complexity index is 800. The van der Waals surface area contributed by atoms with Gasteiger partial charge in [-0.25, -0.2) is 4.68 Å². The van der Waals surface area contributed by atoms with Crippen LogP contribution in [0.2, 0.25) is 0 Å². The van der Waals surface area contributed by atoms with Crippen molar-refractivity contribution in [1.82, 2.24) is 20.4 Å². The number of nitrogens with zero attached hydrogens (tertiary/aromatic N) is 2. The zero-order chi connectivity index (χ0) is 18.0. The van der Waals surface area contributed by atoms with Gasteiger partial charge in [-0.2, -0.15) is 5.10 Å². The molecule has 25 heavy (non-hydrogen) atoms. The van der Waals surface area contributed by atoms with Crippen LogP contribution in [0.25, 0.3) is 5.69 Å². The molecule has 2 heterocycles. The summed E-state index contributed by atoms with van der Waals surface area (Å²) in [7, 11) is 0. The molecule has 3 rings (SSSR count). The Kier molecular flexibility index (Phi) is 4.85. The third-order valence-corrected chi connectivity index (χ3v) is 5.56. The number of benzene rings is 1. The fourth-order valence-corrected chi connectivity index (χ4v) is 3.56. The van der Waals surface area contributed by atoms with E-state index in [-0.39, 0.29) is 11.8 Å². The van der Waals surface area contributed by atoms with E-state index in [2.05, 4.69) is 15.7 Å². The standard InChI is InChI=1S/C18H22N4O2S/c1-12-5-4-6-14(7-12)22-10-13(9-20-22)8-19-16(23)15-11-25-18(2,3)17(24)21-15/h4-7,9-10,15H,8,11H2,1-3H3,(H,19,23)(H,21,24)/t15-/m1/s1. The van der Waals surface area contributed by atoms with Gasteiger partial charge in [0.05, 0.1) is 16.6 Å². The summed E-state index contributed by atoms with van der Waals surface area (Å²) in [5.41, 5.74) is 3.05. The lowest BCUT2D eigenvalue weighted by Gasteiger charge is -2.32. The lowest BCUT2D eigenvalue weighted by molar-refractivity contribution is -0.129. The molecule has 1 aliphatic heterocycles. The summed E-state index contributed by atoms with van der Waals surface area (Å²) in [5.74, 6) is 0.309. The van der Waals surface area contributed by atoms with Crippen LogP contribution in [-0.4, -0.2) is 38.1 Å². The van der Waals surface area contributed by atoms with Crippen LogP contribution in [0.4, 0.5) is 0 Å². The molecule has 0 spiro atoms. The minimum absolute atomic E-state index is 0.101. The fourth-order valence-electron chi connectivity index (χ4n) is 2.55. The van der Waals surface area contributed by atoms with Crippen LogP contribution in [0.5, 0.6) is 0 Å². The highest BCUT2D eigenvalue weighted by molar-refractivity contribution is 8.01. The van der Waals surface area contributed by atoms with Crippen molar-refractivity contribution >= 4 is 23.6 Å². The first-order valence-corrected chi connectivity index (χ1v) is 9.17. The van der Waals surface area contributed by atoms with Gasteiger partial charge in [0.2, 0.25) is 11.8 Å². The molecule has 1 fully saturated rings. The van der Waals surface area contributed by atoms with Gasteiger partial charge in [-0.15, -0.1) is 11.8 Å². The summed E-state index contributed by atoms with van der Waals surface area (Å²) in [6.45, 7) is 6.14. The van der Waals surface area contributed by atoms with E-state index in [9.17, 15) is 9.59 Å². The summed E-state index contributed by atoms with van der Waals surface area (Å²) in [6.07, 6.45) is 3.63. The van der Waals surface area contributed by atoms with E-state index in [1.165, 1.54) is 11.8 Å². The molecular weight excluding hydrogens is 336 g/mol. The Hall–Kier alpha value is -2.28. The van der Waals surface area contributed by atoms with Crippen molar-refractivity contribution in [1.29, 1.82) is 0 Å². The maximum atomic E-state index is 12.3. The highest BCUT2D eigenvalue weighted by Crippen LogP contribution is 2.28. The molecule has 0 bridgehead atoms. The van der Waals surface area contributed by atoms with E-state index in [4.69, 9.17) is 0 Å². The van der Waals surface area contributed by atoms with Crippen molar-refractivity contribution in [2.45, 2.75) is 38.1 Å². The molecule has 1 atom stereocenters. The number of carbonyl (C=O) groups excluding carboxylic acids is 2. The van der Waals surface area contributed by atoms with E-state index in [1.807, 2.05) is 51.2 Å². The maximum Gasteiger partial charge on any atom is 0.243 e. The molecular formula is C18H22N4O2S. The predicted octanol–water partition coefficient (Wildman–Crippen LogP) is 1.81. The van der Waals surface area contributed by atoms with E-state index in [1.54, 1.807) is 10.9 Å². The Morgan fingerprint density at radius 2 is 2.28 bits per heavy atom. The molecule has 1 aliphatic rings. The molecule has 2 aromatic rings. The topological polar surface area (TPSA) is 76.0 Å². The summed E-state index contributed by atoms with van der Waals surface area (Å²) in [6, 6.07) is 7.56. The van der Waals surface area contributed by atoms with Crippen molar-refractivity contribution in [3.8, 4) is 5.69 Å². The Morgan fingerprint density at radius 3 is 3.00 bits per heavy atom. The van der Waals surface area contributed by atoms with Crippen molar-refractivity contribution in [3.63, 3.8) is 0 Å². The van der Waals surface area contributed by atoms with Gasteiger partial charge in [0.15, 0.2) is 0 Å². The first-order chi connectivity index (χ1) is 11.8. The number of carbonyl (C=O) groups is 2. The van der Waals surface area contributed by atoms with Crippen LogP contribution < -0.4 is 10.6 Å². The molecule has 0 radical (unpaired) electrons. The average molecular weight is 358 g/mol. The minimum Gasteiger partial charge on any atom is -0.350 e. The quantitative estimate of drug-likeness (QED) is 0.874. The van der Waals surface area contributed by atoms with Crippen molar-refractivity contribution in [2.75, 3.05) is 5.75 Å². The highest BCUT2D eigenvalue weighted by atomic mass is 32.2. The van der Waals surface area contributed by atoms with E-state index < -0.39 is 10.8 Å². The zero-order valence-electron chi connectivity index (χ0n) is 14.6. The predicted molar refractivity (Wildman–Crippen MR) is 98.6 cm³/mol. The summed E-state index contributed by atoms with van der Waals surface area (Å²) in [4.78, 5) is 24.3. The lowest BCUT2D eigenvalue weighted by atomic mass is 10.1. The van der Waals surface area contributed by atoms with Gasteiger partial charge in [0.25, 0.3) is 0 Å². The van der Waals surface area contributed by atoms with Crippen LogP contribution in [0.3, 0.4) is 0 Å². The average Bonchev–Trinajstić information content (AvgIpc) is 3.04. The van der Waals surface area contributed by atoms with Crippen molar-refractivity contribution < 1.29 is 9.59 Å². The second-order valence-electron chi connectivity index (χ2n) is 6.70. The maximum absolute atomic E-state index is 12.3. The SMILES string of the molecule is Cc1cccc(-n2cc(CNC(=O)[C@H]3CSC(C)(C)C(=O)N3)cn2)c1. The highest BCUT2D eigenvalue weighted by Gasteiger charge is 2.37. The fraction of sp³-hybridized carbons (Fsp3) is 0.389. The molecule has 0 unspecified atom stereocenters. The molecule has 2 amide bonds. The Morgan fingerprint density at radius 1 is 1.48 bits per heavy atom. The largest absolute Gasteiger partial charge is 0.350 e. The number of hydrogen-bond acceptors (Lipinski definition) is 4. The zero-order valence-corrected chi connectivity index (χ0v) is 15.4. The van der Waals surface area contributed by atoms with Crippen LogP contribution in [0, 0.1) is 6.92 Å². The number of nitrogens with one attached hydrogen (secondary N) is 2. The van der Waals surface area contributed by atoms with Gasteiger partial charge in [-0.3, -0.25) is 9.59 Å². The Balaban J connectivity index is 1.57. The van der Waals surface area contributed by atoms with Crippen LogP contribution in [0.15, 0.2) is 36.7 Å². The second-order valence-corrected chi connectivity index (χ2v) is 8.34. The first kappa shape index (κ1) is 17.5. The number of rotatable bonds is 4. The summed E-state index contributed by atoms with van der Waals surface area (Å²) < 4.78 is 1.31. The molecule has 7 heteroatoms. The van der Waals surface area contributed by atoms with Crippen LogP contribution >= 0.6 is 11.8 Å². The monoisotopic (exact) mass is 358 g/mol. The minimum atomic E-state index is -0.489. The molecule has 1 aromatic heterocycles. The molecule has 2 N–H and O–H groups in total. The molecule has 0 saturated carbocycles. The molecule has 1 aromatic carbocycles. The molecule has 6 nitrogen and oxygen atoms in total. The smallest absolute Gasteiger partial charge is 0.243 e. The van der Waals surface area contributed by atoms with Gasteiger partial charge < -0.3 is 10.6 Å². The Labute approximate surface area is 151 Å². The van der Waals surface area contributed by atoms with Gasteiger partial charge in [-0.1, -0.05) is 12.1 Å².